The van der Waals surface area contributed by atoms with E-state index in [9.17, 15) is 4.79 Å². The second-order valence-corrected chi connectivity index (χ2v) is 4.16. The van der Waals surface area contributed by atoms with E-state index in [1.165, 1.54) is 0 Å². The first-order valence-corrected chi connectivity index (χ1v) is 5.81. The van der Waals surface area contributed by atoms with Crippen LogP contribution in [0.1, 0.15) is 31.2 Å². The Morgan fingerprint density at radius 2 is 2.28 bits per heavy atom. The summed E-state index contributed by atoms with van der Waals surface area (Å²) in [4.78, 5) is 12.1. The van der Waals surface area contributed by atoms with Crippen molar-refractivity contribution in [1.29, 1.82) is 0 Å². The molecule has 0 radical (unpaired) electrons. The minimum absolute atomic E-state index is 0.0758. The molecule has 18 heavy (non-hydrogen) atoms. The summed E-state index contributed by atoms with van der Waals surface area (Å²) in [7, 11) is 0. The number of rotatable bonds is 5. The lowest BCUT2D eigenvalue weighted by atomic mass is 10.0. The number of oxime groups is 1. The fourth-order valence-corrected chi connectivity index (χ4v) is 1.72. The number of amidine groups is 1. The predicted molar refractivity (Wildman–Crippen MR) is 68.5 cm³/mol. The number of nitrogens with zero attached hydrogens (tertiary/aromatic N) is 2. The Morgan fingerprint density at radius 3 is 2.72 bits per heavy atom. The number of anilines is 1. The van der Waals surface area contributed by atoms with Crippen molar-refractivity contribution in [3.8, 4) is 0 Å². The normalized spacial score (nSPS) is 13.4. The van der Waals surface area contributed by atoms with Gasteiger partial charge in [0.2, 0.25) is 5.91 Å². The molecule has 0 fully saturated rings. The molecule has 7 nitrogen and oxygen atoms in total. The van der Waals surface area contributed by atoms with E-state index in [1.807, 2.05) is 13.8 Å². The molecule has 1 aromatic rings. The standard InChI is InChI=1S/C11H19N5O2/c1-4-5-8(10(12)16-18)11(17)13-9-6(2)14-15-7(9)3/h8,18H,4-5H2,1-3H3,(H2,12,16)(H,13,17)(H,14,15). The van der Waals surface area contributed by atoms with Gasteiger partial charge in [0.15, 0.2) is 5.84 Å². The molecule has 0 saturated carbocycles. The van der Waals surface area contributed by atoms with Gasteiger partial charge in [-0.1, -0.05) is 18.5 Å². The van der Waals surface area contributed by atoms with Gasteiger partial charge in [-0.15, -0.1) is 0 Å². The minimum atomic E-state index is -0.631. The number of aromatic amines is 1. The van der Waals surface area contributed by atoms with Crippen LogP contribution in [0.3, 0.4) is 0 Å². The number of nitrogens with one attached hydrogen (secondary N) is 2. The molecule has 0 aliphatic rings. The highest BCUT2D eigenvalue weighted by atomic mass is 16.4. The van der Waals surface area contributed by atoms with Crippen LogP contribution in [0.15, 0.2) is 5.16 Å². The first-order valence-electron chi connectivity index (χ1n) is 5.81. The van der Waals surface area contributed by atoms with E-state index in [0.717, 1.165) is 12.1 Å². The Balaban J connectivity index is 2.85. The van der Waals surface area contributed by atoms with Crippen molar-refractivity contribution in [3.63, 3.8) is 0 Å². The molecule has 0 aromatic carbocycles. The zero-order valence-corrected chi connectivity index (χ0v) is 10.8. The largest absolute Gasteiger partial charge is 0.409 e. The van der Waals surface area contributed by atoms with Crippen LogP contribution in [0.2, 0.25) is 0 Å². The van der Waals surface area contributed by atoms with Gasteiger partial charge in [-0.25, -0.2) is 0 Å². The number of aromatic nitrogens is 2. The van der Waals surface area contributed by atoms with Crippen molar-refractivity contribution >= 4 is 17.4 Å². The van der Waals surface area contributed by atoms with Crippen LogP contribution in [-0.4, -0.2) is 27.1 Å². The van der Waals surface area contributed by atoms with Crippen molar-refractivity contribution in [1.82, 2.24) is 10.2 Å². The topological polar surface area (TPSA) is 116 Å². The highest BCUT2D eigenvalue weighted by Gasteiger charge is 2.23. The highest BCUT2D eigenvalue weighted by Crippen LogP contribution is 2.18. The molecule has 0 aliphatic heterocycles. The maximum absolute atomic E-state index is 12.1. The number of carbonyl (C=O) groups is 1. The van der Waals surface area contributed by atoms with Crippen molar-refractivity contribution in [2.45, 2.75) is 33.6 Å². The summed E-state index contributed by atoms with van der Waals surface area (Å²) in [6.07, 6.45) is 1.29. The molecule has 100 valence electrons. The molecule has 1 aromatic heterocycles. The number of nitrogens with two attached hydrogens (primary N) is 1. The smallest absolute Gasteiger partial charge is 0.235 e. The van der Waals surface area contributed by atoms with Gasteiger partial charge in [-0.2, -0.15) is 5.10 Å². The van der Waals surface area contributed by atoms with Gasteiger partial charge in [0.05, 0.1) is 23.0 Å². The second kappa shape index (κ2) is 6.04. The average Bonchev–Trinajstić information content (AvgIpc) is 2.66. The summed E-state index contributed by atoms with van der Waals surface area (Å²) in [5.41, 5.74) is 7.65. The predicted octanol–water partition coefficient (Wildman–Crippen LogP) is 1.13. The van der Waals surface area contributed by atoms with E-state index >= 15 is 0 Å². The molecule has 7 heteroatoms. The summed E-state index contributed by atoms with van der Waals surface area (Å²) < 4.78 is 0. The van der Waals surface area contributed by atoms with E-state index in [2.05, 4.69) is 20.7 Å². The lowest BCUT2D eigenvalue weighted by Crippen LogP contribution is -2.34. The zero-order valence-electron chi connectivity index (χ0n) is 10.8. The van der Waals surface area contributed by atoms with Crippen LogP contribution >= 0.6 is 0 Å². The summed E-state index contributed by atoms with van der Waals surface area (Å²) in [5.74, 6) is -0.999. The second-order valence-electron chi connectivity index (χ2n) is 4.16. The Bertz CT molecular complexity index is 433. The maximum Gasteiger partial charge on any atom is 0.235 e. The molecule has 1 amide bonds. The molecule has 1 unspecified atom stereocenters. The van der Waals surface area contributed by atoms with E-state index in [1.54, 1.807) is 6.92 Å². The van der Waals surface area contributed by atoms with Crippen LogP contribution < -0.4 is 11.1 Å². The highest BCUT2D eigenvalue weighted by molar-refractivity contribution is 6.08. The Kier molecular flexibility index (Phi) is 4.70. The Labute approximate surface area is 105 Å². The Morgan fingerprint density at radius 1 is 1.61 bits per heavy atom. The van der Waals surface area contributed by atoms with Gasteiger partial charge in [0, 0.05) is 0 Å². The molecule has 0 aliphatic carbocycles. The lowest BCUT2D eigenvalue weighted by molar-refractivity contribution is -0.118. The van der Waals surface area contributed by atoms with Crippen LogP contribution in [-0.2, 0) is 4.79 Å². The molecular weight excluding hydrogens is 234 g/mol. The molecule has 1 atom stereocenters. The number of amides is 1. The van der Waals surface area contributed by atoms with Gasteiger partial charge in [0.1, 0.15) is 0 Å². The summed E-state index contributed by atoms with van der Waals surface area (Å²) in [5, 5.41) is 21.1. The number of aryl methyl sites for hydroxylation is 2. The first kappa shape index (κ1) is 14.0. The van der Waals surface area contributed by atoms with Crippen molar-refractivity contribution in [2.24, 2.45) is 16.8 Å². The van der Waals surface area contributed by atoms with Crippen molar-refractivity contribution in [2.75, 3.05) is 5.32 Å². The van der Waals surface area contributed by atoms with Crippen LogP contribution in [0, 0.1) is 19.8 Å². The van der Waals surface area contributed by atoms with E-state index in [-0.39, 0.29) is 11.7 Å². The quantitative estimate of drug-likeness (QED) is 0.272. The van der Waals surface area contributed by atoms with Gasteiger partial charge in [0.25, 0.3) is 0 Å². The van der Waals surface area contributed by atoms with E-state index in [0.29, 0.717) is 17.8 Å². The number of hydrogen-bond donors (Lipinski definition) is 4. The molecule has 1 heterocycles. The van der Waals surface area contributed by atoms with Crippen LogP contribution in [0.5, 0.6) is 0 Å². The van der Waals surface area contributed by atoms with E-state index < -0.39 is 5.92 Å². The maximum atomic E-state index is 12.1. The fraction of sp³-hybridized carbons (Fsp3) is 0.545. The Hall–Kier alpha value is -2.05. The third-order valence-corrected chi connectivity index (χ3v) is 2.74. The average molecular weight is 253 g/mol. The van der Waals surface area contributed by atoms with E-state index in [4.69, 9.17) is 10.9 Å². The van der Waals surface area contributed by atoms with Crippen LogP contribution in [0.25, 0.3) is 0 Å². The van der Waals surface area contributed by atoms with Gasteiger partial charge in [-0.3, -0.25) is 9.89 Å². The molecule has 0 bridgehead atoms. The minimum Gasteiger partial charge on any atom is -0.409 e. The number of carbonyl (C=O) groups excluding carboxylic acids is 1. The molecular formula is C11H19N5O2. The van der Waals surface area contributed by atoms with Gasteiger partial charge >= 0.3 is 0 Å². The third kappa shape index (κ3) is 2.99. The molecule has 5 N–H and O–H groups in total. The van der Waals surface area contributed by atoms with Gasteiger partial charge in [-0.05, 0) is 20.3 Å². The molecule has 1 rings (SSSR count). The van der Waals surface area contributed by atoms with Crippen molar-refractivity contribution < 1.29 is 10.0 Å². The summed E-state index contributed by atoms with van der Waals surface area (Å²) >= 11 is 0. The molecule has 0 spiro atoms. The monoisotopic (exact) mass is 253 g/mol. The number of H-pyrrole nitrogens is 1. The molecule has 0 saturated heterocycles. The third-order valence-electron chi connectivity index (χ3n) is 2.74. The SMILES string of the molecule is CCCC(C(=O)Nc1c(C)n[nH]c1C)C(N)=NO. The first-order chi connectivity index (χ1) is 8.51. The summed E-state index contributed by atoms with van der Waals surface area (Å²) in [6, 6.07) is 0. The van der Waals surface area contributed by atoms with Crippen molar-refractivity contribution in [3.05, 3.63) is 11.4 Å². The lowest BCUT2D eigenvalue weighted by Gasteiger charge is -2.14. The fourth-order valence-electron chi connectivity index (χ4n) is 1.72. The number of hydrogen-bond acceptors (Lipinski definition) is 4. The summed E-state index contributed by atoms with van der Waals surface area (Å²) in [6.45, 7) is 5.53. The van der Waals surface area contributed by atoms with Crippen LogP contribution in [0.4, 0.5) is 5.69 Å². The van der Waals surface area contributed by atoms with Gasteiger partial charge < -0.3 is 16.3 Å². The zero-order chi connectivity index (χ0) is 13.7.